The van der Waals surface area contributed by atoms with Crippen LogP contribution in [0.5, 0.6) is 5.88 Å². The van der Waals surface area contributed by atoms with Crippen LogP contribution in [0.2, 0.25) is 0 Å². The van der Waals surface area contributed by atoms with Gasteiger partial charge in [-0.15, -0.1) is 0 Å². The van der Waals surface area contributed by atoms with Gasteiger partial charge >= 0.3 is 5.97 Å². The summed E-state index contributed by atoms with van der Waals surface area (Å²) in [5.41, 5.74) is 0.0987. The Morgan fingerprint density at radius 1 is 1.35 bits per heavy atom. The summed E-state index contributed by atoms with van der Waals surface area (Å²) < 4.78 is 9.45. The molecule has 0 amide bonds. The van der Waals surface area contributed by atoms with Gasteiger partial charge in [0.25, 0.3) is 11.6 Å². The van der Waals surface area contributed by atoms with Crippen LogP contribution in [0, 0.1) is 10.1 Å². The van der Waals surface area contributed by atoms with Crippen LogP contribution in [-0.2, 0) is 0 Å². The number of carbonyl (C=O) groups is 1. The molecule has 0 aliphatic rings. The number of nitro groups is 1. The molecule has 0 unspecified atom stereocenters. The molecule has 0 bridgehead atoms. The van der Waals surface area contributed by atoms with E-state index >= 15 is 0 Å². The Hall–Kier alpha value is -2.70. The zero-order chi connectivity index (χ0) is 12.3. The summed E-state index contributed by atoms with van der Waals surface area (Å²) in [7, 11) is 0. The standard InChI is InChI=1S/C10H6N2O5/c13-10(17-9-5-16-6-11-9)7-1-3-8(4-2-7)12(14)15/h1-6H. The van der Waals surface area contributed by atoms with Crippen molar-refractivity contribution in [2.75, 3.05) is 0 Å². The van der Waals surface area contributed by atoms with E-state index in [2.05, 4.69) is 9.40 Å². The molecule has 7 heteroatoms. The second kappa shape index (κ2) is 4.44. The maximum Gasteiger partial charge on any atom is 0.344 e. The molecule has 1 aromatic heterocycles. The molecule has 0 aliphatic carbocycles. The molecule has 1 aromatic carbocycles. The number of non-ortho nitro benzene ring substituents is 1. The van der Waals surface area contributed by atoms with Crippen LogP contribution in [-0.4, -0.2) is 15.9 Å². The molecule has 2 rings (SSSR count). The number of oxazole rings is 1. The Labute approximate surface area is 94.8 Å². The lowest BCUT2D eigenvalue weighted by Crippen LogP contribution is -2.08. The van der Waals surface area contributed by atoms with Gasteiger partial charge in [0, 0.05) is 12.1 Å². The molecule has 0 aliphatic heterocycles. The third-order valence-electron chi connectivity index (χ3n) is 1.92. The number of benzene rings is 1. The fourth-order valence-corrected chi connectivity index (χ4v) is 1.12. The molecule has 2 aromatic rings. The normalized spacial score (nSPS) is 9.88. The van der Waals surface area contributed by atoms with Crippen LogP contribution in [0.1, 0.15) is 10.4 Å². The number of nitro benzene ring substituents is 1. The van der Waals surface area contributed by atoms with Crippen molar-refractivity contribution in [3.05, 3.63) is 52.6 Å². The molecular formula is C10H6N2O5. The lowest BCUT2D eigenvalue weighted by Gasteiger charge is -1.99. The third kappa shape index (κ3) is 2.46. The number of nitrogens with zero attached hydrogens (tertiary/aromatic N) is 2. The molecule has 17 heavy (non-hydrogen) atoms. The molecule has 0 saturated carbocycles. The monoisotopic (exact) mass is 234 g/mol. The van der Waals surface area contributed by atoms with Crippen LogP contribution < -0.4 is 4.74 Å². The summed E-state index contributed by atoms with van der Waals surface area (Å²) in [6, 6.07) is 5.06. The van der Waals surface area contributed by atoms with Crippen LogP contribution >= 0.6 is 0 Å². The summed E-state index contributed by atoms with van der Waals surface area (Å²) in [6.07, 6.45) is 2.29. The first-order valence-corrected chi connectivity index (χ1v) is 4.51. The lowest BCUT2D eigenvalue weighted by molar-refractivity contribution is -0.384. The van der Waals surface area contributed by atoms with Gasteiger partial charge in [-0.05, 0) is 12.1 Å². The Morgan fingerprint density at radius 3 is 2.59 bits per heavy atom. The minimum Gasteiger partial charge on any atom is -0.448 e. The first-order valence-electron chi connectivity index (χ1n) is 4.51. The number of esters is 1. The van der Waals surface area contributed by atoms with Crippen LogP contribution in [0.15, 0.2) is 41.3 Å². The van der Waals surface area contributed by atoms with E-state index < -0.39 is 10.9 Å². The maximum absolute atomic E-state index is 11.5. The second-order valence-corrected chi connectivity index (χ2v) is 3.02. The van der Waals surface area contributed by atoms with Crippen molar-refractivity contribution in [1.82, 2.24) is 4.98 Å². The zero-order valence-electron chi connectivity index (χ0n) is 8.40. The number of ether oxygens (including phenoxy) is 1. The van der Waals surface area contributed by atoms with Crippen molar-refractivity contribution in [3.63, 3.8) is 0 Å². The van der Waals surface area contributed by atoms with Gasteiger partial charge in [-0.25, -0.2) is 4.79 Å². The first-order chi connectivity index (χ1) is 8.16. The smallest absolute Gasteiger partial charge is 0.344 e. The van der Waals surface area contributed by atoms with Crippen molar-refractivity contribution < 1.29 is 18.9 Å². The summed E-state index contributed by atoms with van der Waals surface area (Å²) in [6.45, 7) is 0. The van der Waals surface area contributed by atoms with Crippen molar-refractivity contribution in [3.8, 4) is 5.88 Å². The molecule has 0 atom stereocenters. The van der Waals surface area contributed by atoms with Crippen LogP contribution in [0.3, 0.4) is 0 Å². The fraction of sp³-hybridized carbons (Fsp3) is 0. The SMILES string of the molecule is O=C(Oc1cocn1)c1ccc([N+](=O)[O-])cc1. The van der Waals surface area contributed by atoms with E-state index in [1.807, 2.05) is 0 Å². The second-order valence-electron chi connectivity index (χ2n) is 3.02. The van der Waals surface area contributed by atoms with Gasteiger partial charge in [-0.3, -0.25) is 10.1 Å². The number of hydrogen-bond donors (Lipinski definition) is 0. The van der Waals surface area contributed by atoms with Gasteiger partial charge in [-0.1, -0.05) is 0 Å². The average molecular weight is 234 g/mol. The highest BCUT2D eigenvalue weighted by Gasteiger charge is 2.12. The summed E-state index contributed by atoms with van der Waals surface area (Å²) >= 11 is 0. The van der Waals surface area contributed by atoms with Gasteiger partial charge in [0.2, 0.25) is 0 Å². The topological polar surface area (TPSA) is 95.5 Å². The van der Waals surface area contributed by atoms with E-state index in [1.54, 1.807) is 0 Å². The van der Waals surface area contributed by atoms with Gasteiger partial charge in [-0.2, -0.15) is 4.98 Å². The molecule has 0 saturated heterocycles. The highest BCUT2D eigenvalue weighted by molar-refractivity contribution is 5.91. The van der Waals surface area contributed by atoms with Crippen molar-refractivity contribution in [2.45, 2.75) is 0 Å². The molecule has 0 spiro atoms. The van der Waals surface area contributed by atoms with Crippen LogP contribution in [0.25, 0.3) is 0 Å². The Bertz CT molecular complexity index is 532. The molecular weight excluding hydrogens is 228 g/mol. The molecule has 86 valence electrons. The quantitative estimate of drug-likeness (QED) is 0.456. The highest BCUT2D eigenvalue weighted by Crippen LogP contribution is 2.14. The van der Waals surface area contributed by atoms with E-state index in [4.69, 9.17) is 4.74 Å². The number of hydrogen-bond acceptors (Lipinski definition) is 6. The Morgan fingerprint density at radius 2 is 2.06 bits per heavy atom. The summed E-state index contributed by atoms with van der Waals surface area (Å²) in [5, 5.41) is 10.4. The van der Waals surface area contributed by atoms with E-state index in [-0.39, 0.29) is 17.1 Å². The minimum absolute atomic E-state index is 0.0355. The zero-order valence-corrected chi connectivity index (χ0v) is 8.40. The van der Waals surface area contributed by atoms with E-state index in [0.717, 1.165) is 6.39 Å². The minimum atomic E-state index is -0.659. The summed E-state index contributed by atoms with van der Waals surface area (Å²) in [5.74, 6) is -0.623. The van der Waals surface area contributed by atoms with Gasteiger partial charge in [0.05, 0.1) is 10.5 Å². The lowest BCUT2D eigenvalue weighted by atomic mass is 10.2. The van der Waals surface area contributed by atoms with Gasteiger partial charge < -0.3 is 9.15 Å². The van der Waals surface area contributed by atoms with Crippen molar-refractivity contribution in [2.24, 2.45) is 0 Å². The van der Waals surface area contributed by atoms with Crippen molar-refractivity contribution >= 4 is 11.7 Å². The molecule has 0 radical (unpaired) electrons. The largest absolute Gasteiger partial charge is 0.448 e. The van der Waals surface area contributed by atoms with Gasteiger partial charge in [0.15, 0.2) is 12.7 Å². The van der Waals surface area contributed by atoms with Crippen molar-refractivity contribution in [1.29, 1.82) is 0 Å². The Kier molecular flexibility index (Phi) is 2.82. The third-order valence-corrected chi connectivity index (χ3v) is 1.92. The van der Waals surface area contributed by atoms with Crippen LogP contribution in [0.4, 0.5) is 5.69 Å². The predicted molar refractivity (Wildman–Crippen MR) is 54.6 cm³/mol. The van der Waals surface area contributed by atoms with E-state index in [1.165, 1.54) is 30.5 Å². The molecule has 0 fully saturated rings. The number of rotatable bonds is 3. The fourth-order valence-electron chi connectivity index (χ4n) is 1.12. The maximum atomic E-state index is 11.5. The molecule has 0 N–H and O–H groups in total. The van der Waals surface area contributed by atoms with E-state index in [0.29, 0.717) is 0 Å². The number of carbonyl (C=O) groups excluding carboxylic acids is 1. The molecule has 1 heterocycles. The van der Waals surface area contributed by atoms with E-state index in [9.17, 15) is 14.9 Å². The number of aromatic nitrogens is 1. The molecule has 7 nitrogen and oxygen atoms in total. The predicted octanol–water partition coefficient (Wildman–Crippen LogP) is 1.80. The Balaban J connectivity index is 2.12. The highest BCUT2D eigenvalue weighted by atomic mass is 16.6. The summed E-state index contributed by atoms with van der Waals surface area (Å²) in [4.78, 5) is 25.0. The first kappa shape index (κ1) is 10.8. The average Bonchev–Trinajstić information content (AvgIpc) is 2.82. The van der Waals surface area contributed by atoms with Gasteiger partial charge in [0.1, 0.15) is 0 Å².